The van der Waals surface area contributed by atoms with E-state index in [0.29, 0.717) is 5.92 Å². The van der Waals surface area contributed by atoms with Gasteiger partial charge in [0.05, 0.1) is 6.10 Å². The van der Waals surface area contributed by atoms with Crippen LogP contribution < -0.4 is 0 Å². The van der Waals surface area contributed by atoms with E-state index in [-0.39, 0.29) is 6.10 Å². The zero-order valence-corrected chi connectivity index (χ0v) is 6.61. The van der Waals surface area contributed by atoms with Crippen LogP contribution in [0.1, 0.15) is 19.3 Å². The van der Waals surface area contributed by atoms with Crippen LogP contribution in [0.25, 0.3) is 0 Å². The topological polar surface area (TPSA) is 20.2 Å². The average molecular weight is 150 g/mol. The van der Waals surface area contributed by atoms with Crippen LogP contribution in [0, 0.1) is 23.7 Å². The van der Waals surface area contributed by atoms with Crippen molar-refractivity contribution >= 4 is 0 Å². The average Bonchev–Trinajstić information content (AvgIpc) is 2.60. The van der Waals surface area contributed by atoms with Crippen LogP contribution in [0.3, 0.4) is 0 Å². The second-order valence-corrected chi connectivity index (χ2v) is 4.33. The monoisotopic (exact) mass is 150 g/mol. The summed E-state index contributed by atoms with van der Waals surface area (Å²) in [4.78, 5) is 0. The second-order valence-electron chi connectivity index (χ2n) is 4.33. The van der Waals surface area contributed by atoms with Crippen LogP contribution in [-0.2, 0) is 0 Å². The van der Waals surface area contributed by atoms with Crippen LogP contribution in [0.4, 0.5) is 0 Å². The van der Waals surface area contributed by atoms with Crippen molar-refractivity contribution in [1.29, 1.82) is 0 Å². The van der Waals surface area contributed by atoms with E-state index in [9.17, 15) is 5.11 Å². The molecule has 2 bridgehead atoms. The largest absolute Gasteiger partial charge is 0.393 e. The van der Waals surface area contributed by atoms with E-state index in [1.165, 1.54) is 12.8 Å². The number of hydrogen-bond donors (Lipinski definition) is 1. The molecule has 1 nitrogen and oxygen atoms in total. The second kappa shape index (κ2) is 1.89. The van der Waals surface area contributed by atoms with Crippen LogP contribution in [-0.4, -0.2) is 11.2 Å². The van der Waals surface area contributed by atoms with Gasteiger partial charge in [-0.15, -0.1) is 0 Å². The number of hydrogen-bond acceptors (Lipinski definition) is 1. The summed E-state index contributed by atoms with van der Waals surface area (Å²) >= 11 is 0. The summed E-state index contributed by atoms with van der Waals surface area (Å²) in [6, 6.07) is 0. The van der Waals surface area contributed by atoms with Crippen LogP contribution >= 0.6 is 0 Å². The molecule has 0 amide bonds. The summed E-state index contributed by atoms with van der Waals surface area (Å²) in [5.74, 6) is 3.06. The first-order valence-electron chi connectivity index (χ1n) is 4.72. The van der Waals surface area contributed by atoms with Gasteiger partial charge in [-0.1, -0.05) is 12.2 Å². The molecule has 0 aromatic heterocycles. The highest BCUT2D eigenvalue weighted by Crippen LogP contribution is 2.55. The number of allylic oxidation sites excluding steroid dienone is 2. The Morgan fingerprint density at radius 3 is 2.73 bits per heavy atom. The molecule has 5 atom stereocenters. The number of fused-ring (bicyclic) bond motifs is 5. The molecule has 11 heavy (non-hydrogen) atoms. The molecule has 0 aromatic carbocycles. The van der Waals surface area contributed by atoms with Crippen LogP contribution in [0.5, 0.6) is 0 Å². The molecule has 0 spiro atoms. The molecule has 2 fully saturated rings. The molecular weight excluding hydrogens is 136 g/mol. The first-order chi connectivity index (χ1) is 5.36. The van der Waals surface area contributed by atoms with Gasteiger partial charge in [0.2, 0.25) is 0 Å². The van der Waals surface area contributed by atoms with Gasteiger partial charge in [-0.05, 0) is 42.9 Å². The van der Waals surface area contributed by atoms with E-state index >= 15 is 0 Å². The summed E-state index contributed by atoms with van der Waals surface area (Å²) < 4.78 is 0. The van der Waals surface area contributed by atoms with E-state index in [1.54, 1.807) is 0 Å². The van der Waals surface area contributed by atoms with Crippen molar-refractivity contribution in [2.75, 3.05) is 0 Å². The Morgan fingerprint density at radius 1 is 1.09 bits per heavy atom. The third-order valence-electron chi connectivity index (χ3n) is 3.93. The van der Waals surface area contributed by atoms with Crippen molar-refractivity contribution in [3.05, 3.63) is 12.2 Å². The molecule has 3 aliphatic carbocycles. The zero-order chi connectivity index (χ0) is 7.42. The van der Waals surface area contributed by atoms with Crippen molar-refractivity contribution in [3.8, 4) is 0 Å². The first-order valence-corrected chi connectivity index (χ1v) is 4.72. The van der Waals surface area contributed by atoms with Gasteiger partial charge in [0.15, 0.2) is 0 Å². The predicted molar refractivity (Wildman–Crippen MR) is 43.0 cm³/mol. The van der Waals surface area contributed by atoms with Gasteiger partial charge >= 0.3 is 0 Å². The van der Waals surface area contributed by atoms with Gasteiger partial charge in [0, 0.05) is 0 Å². The number of aliphatic hydroxyl groups is 1. The molecule has 0 radical (unpaired) electrons. The van der Waals surface area contributed by atoms with Crippen molar-refractivity contribution < 1.29 is 5.11 Å². The number of aliphatic hydroxyl groups excluding tert-OH is 1. The standard InChI is InChI=1S/C10H14O/c11-9-4-3-8-6-1-2-7(5-6)10(8)9/h1-2,6-11H,3-5H2/t6-,7+,8-,9?,10+/m0/s1. The minimum Gasteiger partial charge on any atom is -0.393 e. The molecular formula is C10H14O. The highest BCUT2D eigenvalue weighted by molar-refractivity contribution is 5.16. The maximum Gasteiger partial charge on any atom is 0.0577 e. The molecule has 2 saturated carbocycles. The van der Waals surface area contributed by atoms with Crippen molar-refractivity contribution in [2.45, 2.75) is 25.4 Å². The van der Waals surface area contributed by atoms with Gasteiger partial charge < -0.3 is 5.11 Å². The molecule has 0 heterocycles. The van der Waals surface area contributed by atoms with Crippen LogP contribution in [0.15, 0.2) is 12.2 Å². The Balaban J connectivity index is 1.97. The molecule has 0 aliphatic heterocycles. The summed E-state index contributed by atoms with van der Waals surface area (Å²) in [6.45, 7) is 0. The van der Waals surface area contributed by atoms with Crippen molar-refractivity contribution in [1.82, 2.24) is 0 Å². The SMILES string of the molecule is OC1CC[C@@H]2[C@H]1[C@@H]1C=C[C@H]2C1. The smallest absolute Gasteiger partial charge is 0.0577 e. The Labute approximate surface area is 67.1 Å². The van der Waals surface area contributed by atoms with Gasteiger partial charge in [0.1, 0.15) is 0 Å². The fourth-order valence-corrected chi connectivity index (χ4v) is 3.50. The van der Waals surface area contributed by atoms with Gasteiger partial charge in [-0.3, -0.25) is 0 Å². The third kappa shape index (κ3) is 0.652. The third-order valence-corrected chi connectivity index (χ3v) is 3.93. The quantitative estimate of drug-likeness (QED) is 0.520. The maximum absolute atomic E-state index is 9.69. The number of rotatable bonds is 0. The Morgan fingerprint density at radius 2 is 1.91 bits per heavy atom. The molecule has 3 rings (SSSR count). The van der Waals surface area contributed by atoms with E-state index in [0.717, 1.165) is 24.2 Å². The van der Waals surface area contributed by atoms with Crippen molar-refractivity contribution in [2.24, 2.45) is 23.7 Å². The summed E-state index contributed by atoms with van der Waals surface area (Å²) in [5, 5.41) is 9.69. The summed E-state index contributed by atoms with van der Waals surface area (Å²) in [6.07, 6.45) is 8.41. The zero-order valence-electron chi connectivity index (χ0n) is 6.61. The van der Waals surface area contributed by atoms with E-state index in [1.807, 2.05) is 0 Å². The fourth-order valence-electron chi connectivity index (χ4n) is 3.50. The summed E-state index contributed by atoms with van der Waals surface area (Å²) in [7, 11) is 0. The van der Waals surface area contributed by atoms with Gasteiger partial charge in [-0.25, -0.2) is 0 Å². The summed E-state index contributed by atoms with van der Waals surface area (Å²) in [5.41, 5.74) is 0. The Hall–Kier alpha value is -0.300. The molecule has 1 N–H and O–H groups in total. The molecule has 0 saturated heterocycles. The molecule has 60 valence electrons. The minimum absolute atomic E-state index is 0.0277. The lowest BCUT2D eigenvalue weighted by atomic mass is 9.85. The lowest BCUT2D eigenvalue weighted by Gasteiger charge is -2.22. The van der Waals surface area contributed by atoms with Gasteiger partial charge in [-0.2, -0.15) is 0 Å². The molecule has 1 unspecified atom stereocenters. The Kier molecular flexibility index (Phi) is 1.07. The predicted octanol–water partition coefficient (Wildman–Crippen LogP) is 1.58. The van der Waals surface area contributed by atoms with E-state index in [4.69, 9.17) is 0 Å². The maximum atomic E-state index is 9.69. The fraction of sp³-hybridized carbons (Fsp3) is 0.800. The van der Waals surface area contributed by atoms with Crippen molar-refractivity contribution in [3.63, 3.8) is 0 Å². The first kappa shape index (κ1) is 6.24. The highest BCUT2D eigenvalue weighted by Gasteiger charge is 2.50. The lowest BCUT2D eigenvalue weighted by molar-refractivity contribution is 0.108. The normalized spacial score (nSPS) is 58.8. The highest BCUT2D eigenvalue weighted by atomic mass is 16.3. The van der Waals surface area contributed by atoms with E-state index < -0.39 is 0 Å². The van der Waals surface area contributed by atoms with Gasteiger partial charge in [0.25, 0.3) is 0 Å². The van der Waals surface area contributed by atoms with Crippen LogP contribution in [0.2, 0.25) is 0 Å². The lowest BCUT2D eigenvalue weighted by Crippen LogP contribution is -2.22. The molecule has 1 heteroatoms. The Bertz CT molecular complexity index is 209. The van der Waals surface area contributed by atoms with E-state index in [2.05, 4.69) is 12.2 Å². The minimum atomic E-state index is 0.0277. The molecule has 0 aromatic rings. The molecule has 3 aliphatic rings.